The molecule has 138 valence electrons. The summed E-state index contributed by atoms with van der Waals surface area (Å²) in [6.07, 6.45) is 5.52. The third-order valence-corrected chi connectivity index (χ3v) is 15.5. The Morgan fingerprint density at radius 3 is 1.30 bits per heavy atom. The molecule has 0 atom stereocenters. The molecule has 0 amide bonds. The van der Waals surface area contributed by atoms with Crippen LogP contribution in [0.25, 0.3) is 0 Å². The van der Waals surface area contributed by atoms with Crippen molar-refractivity contribution in [1.82, 2.24) is 9.80 Å². The summed E-state index contributed by atoms with van der Waals surface area (Å²) in [6.45, 7) is 21.7. The van der Waals surface area contributed by atoms with Gasteiger partial charge in [0, 0.05) is 0 Å². The Balaban J connectivity index is 4.01. The molecule has 0 bridgehead atoms. The van der Waals surface area contributed by atoms with E-state index in [2.05, 4.69) is 58.3 Å². The Morgan fingerprint density at radius 1 is 0.652 bits per heavy atom. The molecule has 23 heavy (non-hydrogen) atoms. The summed E-state index contributed by atoms with van der Waals surface area (Å²) >= 11 is -1.21. The van der Waals surface area contributed by atoms with Crippen molar-refractivity contribution < 1.29 is 0 Å². The van der Waals surface area contributed by atoms with Gasteiger partial charge < -0.3 is 0 Å². The van der Waals surface area contributed by atoms with Crippen molar-refractivity contribution in [3.05, 3.63) is 0 Å². The third kappa shape index (κ3) is 11.9. The van der Waals surface area contributed by atoms with E-state index in [0.29, 0.717) is 0 Å². The predicted octanol–water partition coefficient (Wildman–Crippen LogP) is 5.52. The molecule has 0 spiro atoms. The van der Waals surface area contributed by atoms with Crippen molar-refractivity contribution in [1.29, 1.82) is 0 Å². The van der Waals surface area contributed by atoms with Gasteiger partial charge in [0.2, 0.25) is 0 Å². The van der Waals surface area contributed by atoms with Gasteiger partial charge in [0.15, 0.2) is 0 Å². The predicted molar refractivity (Wildman–Crippen MR) is 109 cm³/mol. The van der Waals surface area contributed by atoms with Crippen LogP contribution in [0.15, 0.2) is 0 Å². The molecule has 0 heterocycles. The van der Waals surface area contributed by atoms with Crippen LogP contribution in [0, 0.1) is 0 Å². The van der Waals surface area contributed by atoms with Crippen LogP contribution in [0.5, 0.6) is 0 Å². The Hall–Kier alpha value is 0.790. The van der Waals surface area contributed by atoms with E-state index in [4.69, 9.17) is 0 Å². The van der Waals surface area contributed by atoms with Gasteiger partial charge in [-0.25, -0.2) is 0 Å². The van der Waals surface area contributed by atoms with E-state index in [1.807, 2.05) is 0 Å². The molecule has 0 rings (SSSR count). The van der Waals surface area contributed by atoms with E-state index in [-0.39, 0.29) is 0 Å². The van der Waals surface area contributed by atoms with Gasteiger partial charge in [-0.3, -0.25) is 0 Å². The van der Waals surface area contributed by atoms with Crippen molar-refractivity contribution in [2.24, 2.45) is 0 Å². The van der Waals surface area contributed by atoms with Gasteiger partial charge in [-0.15, -0.1) is 0 Å². The molecule has 0 aliphatic heterocycles. The molecule has 0 aromatic rings. The second kappa shape index (κ2) is 15.1. The van der Waals surface area contributed by atoms with E-state index in [9.17, 15) is 0 Å². The second-order valence-electron chi connectivity index (χ2n) is 7.82. The van der Waals surface area contributed by atoms with Crippen LogP contribution in [0.1, 0.15) is 74.1 Å². The van der Waals surface area contributed by atoms with Crippen LogP contribution >= 0.6 is 0 Å². The van der Waals surface area contributed by atoms with Crippen LogP contribution < -0.4 is 0 Å². The second-order valence-corrected chi connectivity index (χ2v) is 18.4. The summed E-state index contributed by atoms with van der Waals surface area (Å²) < 4.78 is 4.81. The molecule has 2 nitrogen and oxygen atoms in total. The maximum atomic E-state index is 2.68. The van der Waals surface area contributed by atoms with E-state index in [0.717, 1.165) is 12.1 Å². The fourth-order valence-electron chi connectivity index (χ4n) is 3.55. The molecule has 0 aromatic carbocycles. The van der Waals surface area contributed by atoms with Gasteiger partial charge in [0.25, 0.3) is 0 Å². The summed E-state index contributed by atoms with van der Waals surface area (Å²) in [6, 6.07) is 1.44. The Bertz CT molecular complexity index is 232. The summed E-state index contributed by atoms with van der Waals surface area (Å²) in [5.74, 6) is 0. The van der Waals surface area contributed by atoms with E-state index < -0.39 is 21.4 Å². The molecule has 0 aliphatic carbocycles. The van der Waals surface area contributed by atoms with Crippen molar-refractivity contribution in [2.75, 3.05) is 26.2 Å². The quantitative estimate of drug-likeness (QED) is 0.339. The first-order valence-electron chi connectivity index (χ1n) is 10.4. The molecule has 3 heteroatoms. The minimum atomic E-state index is -1.21. The first-order chi connectivity index (χ1) is 11.0. The van der Waals surface area contributed by atoms with Crippen molar-refractivity contribution in [2.45, 2.75) is 98.8 Å². The Morgan fingerprint density at radius 2 is 1.04 bits per heavy atom. The van der Waals surface area contributed by atoms with Gasteiger partial charge >= 0.3 is 156 Å². The molecule has 0 N–H and O–H groups in total. The van der Waals surface area contributed by atoms with Gasteiger partial charge in [-0.05, 0) is 0 Å². The van der Waals surface area contributed by atoms with Crippen LogP contribution in [-0.4, -0.2) is 69.5 Å². The van der Waals surface area contributed by atoms with Gasteiger partial charge in [0.1, 0.15) is 0 Å². The summed E-state index contributed by atoms with van der Waals surface area (Å²) in [5, 5.41) is 0. The van der Waals surface area contributed by atoms with Crippen molar-refractivity contribution >= 4 is 21.4 Å². The number of hydrogen-bond donors (Lipinski definition) is 0. The van der Waals surface area contributed by atoms with Crippen molar-refractivity contribution in [3.8, 4) is 0 Å². The van der Waals surface area contributed by atoms with Crippen molar-refractivity contribution in [3.63, 3.8) is 0 Å². The molecule has 0 unspecified atom stereocenters. The van der Waals surface area contributed by atoms with Gasteiger partial charge in [0.05, 0.1) is 0 Å². The Labute approximate surface area is 155 Å². The molecule has 0 aliphatic rings. The van der Waals surface area contributed by atoms with Crippen LogP contribution in [0.3, 0.4) is 0 Å². The van der Waals surface area contributed by atoms with Crippen LogP contribution in [0.4, 0.5) is 0 Å². The minimum absolute atomic E-state index is 0.721. The monoisotopic (exact) mass is 428 g/mol. The van der Waals surface area contributed by atoms with Gasteiger partial charge in [-0.1, -0.05) is 0 Å². The molecular weight excluding hydrogens is 383 g/mol. The van der Waals surface area contributed by atoms with E-state index >= 15 is 0 Å². The van der Waals surface area contributed by atoms with E-state index in [1.54, 1.807) is 12.5 Å². The topological polar surface area (TPSA) is 6.48 Å². The molecule has 0 saturated heterocycles. The maximum absolute atomic E-state index is 2.68. The fraction of sp³-hybridized carbons (Fsp3) is 1.00. The SMILES string of the molecule is CCCN(CC[CH2][In]([CH2]C)[CH2]CCN(CCC)C(C)C)C(C)C. The van der Waals surface area contributed by atoms with Gasteiger partial charge in [-0.2, -0.15) is 0 Å². The fourth-order valence-corrected chi connectivity index (χ4v) is 11.0. The zero-order chi connectivity index (χ0) is 17.7. The molecule has 0 aromatic heterocycles. The average molecular weight is 428 g/mol. The number of rotatable bonds is 15. The third-order valence-electron chi connectivity index (χ3n) is 5.17. The first-order valence-corrected chi connectivity index (χ1v) is 17.4. The molecular formula is C20H45InN2. The normalized spacial score (nSPS) is 12.1. The molecule has 0 fully saturated rings. The summed E-state index contributed by atoms with van der Waals surface area (Å²) in [5.41, 5.74) is 0. The average Bonchev–Trinajstić information content (AvgIpc) is 2.50. The number of hydrogen-bond acceptors (Lipinski definition) is 2. The first kappa shape index (κ1) is 23.8. The molecule has 0 saturated carbocycles. The summed E-state index contributed by atoms with van der Waals surface area (Å²) in [4.78, 5) is 5.36. The molecule has 0 radical (unpaired) electrons. The zero-order valence-corrected chi connectivity index (χ0v) is 20.7. The van der Waals surface area contributed by atoms with Crippen LogP contribution in [0.2, 0.25) is 12.5 Å². The van der Waals surface area contributed by atoms with Crippen LogP contribution in [-0.2, 0) is 0 Å². The Kier molecular flexibility index (Phi) is 15.6. The number of nitrogens with zero attached hydrogens (tertiary/aromatic N) is 2. The van der Waals surface area contributed by atoms with E-state index in [1.165, 1.54) is 51.9 Å². The standard InChI is InChI=1S/2C9H20N.C2H5.In/c2*1-5-7-10(8-6-2)9(3)4;1-2;/h2*9H,1,5-8H2,2-4H3;1H2,2H3;. The zero-order valence-electron chi connectivity index (χ0n) is 17.4. The summed E-state index contributed by atoms with van der Waals surface area (Å²) in [7, 11) is 0.